The van der Waals surface area contributed by atoms with Crippen molar-refractivity contribution in [2.45, 2.75) is 0 Å². The van der Waals surface area contributed by atoms with Gasteiger partial charge in [0.15, 0.2) is 16.0 Å². The average Bonchev–Trinajstić information content (AvgIpc) is 2.69. The van der Waals surface area contributed by atoms with Crippen LogP contribution in [-0.4, -0.2) is 19.9 Å². The molecular formula is C20H11Cl2N4+. The van der Waals surface area contributed by atoms with Gasteiger partial charge in [-0.15, -0.1) is 0 Å². The van der Waals surface area contributed by atoms with Crippen LogP contribution in [0, 0.1) is 6.08 Å². The molecule has 26 heavy (non-hydrogen) atoms. The molecule has 1 aliphatic carbocycles. The first-order valence-electron chi connectivity index (χ1n) is 7.79. The van der Waals surface area contributed by atoms with Crippen LogP contribution in [0.4, 0.5) is 0 Å². The highest BCUT2D eigenvalue weighted by atomic mass is 35.5. The van der Waals surface area contributed by atoms with Crippen molar-refractivity contribution in [2.24, 2.45) is 0 Å². The number of halogens is 2. The molecule has 0 aliphatic heterocycles. The van der Waals surface area contributed by atoms with E-state index in [4.69, 9.17) is 23.2 Å². The van der Waals surface area contributed by atoms with Gasteiger partial charge in [0.2, 0.25) is 0 Å². The summed E-state index contributed by atoms with van der Waals surface area (Å²) in [6, 6.07) is 7.86. The summed E-state index contributed by atoms with van der Waals surface area (Å²) in [6.07, 6.45) is 15.1. The topological polar surface area (TPSA) is 51.6 Å². The van der Waals surface area contributed by atoms with E-state index in [1.54, 1.807) is 24.8 Å². The molecule has 6 heteroatoms. The fraction of sp³-hybridized carbons (Fsp3) is 0. The van der Waals surface area contributed by atoms with Crippen LogP contribution in [0.25, 0.3) is 22.4 Å². The van der Waals surface area contributed by atoms with Crippen molar-refractivity contribution in [3.8, 4) is 11.3 Å². The molecule has 0 amide bonds. The molecule has 0 saturated heterocycles. The molecular weight excluding hydrogens is 367 g/mol. The van der Waals surface area contributed by atoms with Gasteiger partial charge in [0, 0.05) is 42.0 Å². The maximum absolute atomic E-state index is 6.28. The summed E-state index contributed by atoms with van der Waals surface area (Å²) in [5, 5.41) is 0.685. The van der Waals surface area contributed by atoms with Crippen molar-refractivity contribution in [1.82, 2.24) is 19.9 Å². The monoisotopic (exact) mass is 377 g/mol. The Kier molecular flexibility index (Phi) is 4.55. The van der Waals surface area contributed by atoms with Gasteiger partial charge in [-0.3, -0.25) is 4.98 Å². The van der Waals surface area contributed by atoms with Crippen molar-refractivity contribution >= 4 is 34.3 Å². The Morgan fingerprint density at radius 3 is 2.00 bits per heavy atom. The molecule has 1 aromatic carbocycles. The molecule has 1 aliphatic rings. The Morgan fingerprint density at radius 1 is 0.692 bits per heavy atom. The smallest absolute Gasteiger partial charge is 0.169 e. The van der Waals surface area contributed by atoms with Gasteiger partial charge in [-0.25, -0.2) is 15.0 Å². The van der Waals surface area contributed by atoms with E-state index in [0.717, 1.165) is 22.3 Å². The molecule has 0 unspecified atom stereocenters. The van der Waals surface area contributed by atoms with Crippen LogP contribution in [0.2, 0.25) is 10.3 Å². The van der Waals surface area contributed by atoms with E-state index in [0.29, 0.717) is 21.7 Å². The minimum absolute atomic E-state index is 0.336. The van der Waals surface area contributed by atoms with Crippen LogP contribution in [0.3, 0.4) is 0 Å². The zero-order chi connectivity index (χ0) is 17.9. The number of benzene rings is 1. The fourth-order valence-electron chi connectivity index (χ4n) is 2.79. The fourth-order valence-corrected chi connectivity index (χ4v) is 3.20. The lowest BCUT2D eigenvalue weighted by Gasteiger charge is -2.11. The molecule has 124 valence electrons. The number of allylic oxidation sites excluding steroid dienone is 6. The predicted octanol–water partition coefficient (Wildman–Crippen LogP) is 5.08. The maximum atomic E-state index is 6.28. The summed E-state index contributed by atoms with van der Waals surface area (Å²) in [4.78, 5) is 17.1. The van der Waals surface area contributed by atoms with E-state index in [2.05, 4.69) is 26.0 Å². The largest absolute Gasteiger partial charge is 0.251 e. The standard InChI is InChI=1S/C20H11Cl2N4/c21-19-17(23-9-11-25-19)15-7-3-1-5-13(15)14-6-2-4-8-16(14)18-20(22)26-12-10-24-18/h1-3,5-12H/q+1. The molecule has 0 spiro atoms. The summed E-state index contributed by atoms with van der Waals surface area (Å²) in [6.45, 7) is 0. The van der Waals surface area contributed by atoms with Crippen molar-refractivity contribution in [3.63, 3.8) is 0 Å². The lowest BCUT2D eigenvalue weighted by molar-refractivity contribution is 1.17. The third-order valence-electron chi connectivity index (χ3n) is 3.90. The van der Waals surface area contributed by atoms with Crippen molar-refractivity contribution < 1.29 is 0 Å². The molecule has 2 heterocycles. The van der Waals surface area contributed by atoms with Crippen LogP contribution >= 0.6 is 23.2 Å². The van der Waals surface area contributed by atoms with E-state index in [1.165, 1.54) is 0 Å². The van der Waals surface area contributed by atoms with E-state index in [9.17, 15) is 0 Å². The average molecular weight is 378 g/mol. The lowest BCUT2D eigenvalue weighted by Crippen LogP contribution is -1.99. The number of aromatic nitrogens is 4. The van der Waals surface area contributed by atoms with Gasteiger partial charge in [-0.1, -0.05) is 47.5 Å². The second-order valence-electron chi connectivity index (χ2n) is 5.41. The highest BCUT2D eigenvalue weighted by molar-refractivity contribution is 6.32. The summed E-state index contributed by atoms with van der Waals surface area (Å²) in [7, 11) is 0. The lowest BCUT2D eigenvalue weighted by atomic mass is 9.90. The molecule has 0 bridgehead atoms. The number of hydrogen-bond acceptors (Lipinski definition) is 4. The Balaban J connectivity index is 1.98. The van der Waals surface area contributed by atoms with Crippen LogP contribution in [0.15, 0.2) is 67.3 Å². The van der Waals surface area contributed by atoms with Gasteiger partial charge in [-0.05, 0) is 0 Å². The van der Waals surface area contributed by atoms with E-state index in [1.807, 2.05) is 42.5 Å². The van der Waals surface area contributed by atoms with E-state index < -0.39 is 0 Å². The Labute approximate surface area is 160 Å². The summed E-state index contributed by atoms with van der Waals surface area (Å²) < 4.78 is 0. The quantitative estimate of drug-likeness (QED) is 0.597. The van der Waals surface area contributed by atoms with Gasteiger partial charge in [-0.2, -0.15) is 0 Å². The molecule has 4 nitrogen and oxygen atoms in total. The number of nitrogens with zero attached hydrogens (tertiary/aromatic N) is 4. The third-order valence-corrected chi connectivity index (χ3v) is 4.45. The van der Waals surface area contributed by atoms with Gasteiger partial charge >= 0.3 is 0 Å². The predicted molar refractivity (Wildman–Crippen MR) is 103 cm³/mol. The first-order valence-corrected chi connectivity index (χ1v) is 8.54. The van der Waals surface area contributed by atoms with Crippen LogP contribution < -0.4 is 0 Å². The highest BCUT2D eigenvalue weighted by Crippen LogP contribution is 2.37. The minimum atomic E-state index is 0.336. The van der Waals surface area contributed by atoms with Crippen LogP contribution in [0.1, 0.15) is 11.3 Å². The van der Waals surface area contributed by atoms with E-state index in [-0.39, 0.29) is 0 Å². The second-order valence-corrected chi connectivity index (χ2v) is 6.12. The summed E-state index contributed by atoms with van der Waals surface area (Å²) in [5.74, 6) is 0. The summed E-state index contributed by atoms with van der Waals surface area (Å²) >= 11 is 12.5. The molecule has 0 saturated carbocycles. The SMILES string of the molecule is Clc1nccnc1C1=C(c2ccccc2-c2nccnc2Cl)C=C[C+]=C1. The first kappa shape index (κ1) is 16.6. The van der Waals surface area contributed by atoms with Crippen molar-refractivity contribution in [3.05, 3.63) is 94.9 Å². The normalized spacial score (nSPS) is 13.0. The molecule has 2 aromatic heterocycles. The van der Waals surface area contributed by atoms with Crippen LogP contribution in [0.5, 0.6) is 0 Å². The van der Waals surface area contributed by atoms with Gasteiger partial charge in [0.1, 0.15) is 29.0 Å². The Hall–Kier alpha value is -2.91. The van der Waals surface area contributed by atoms with E-state index >= 15 is 0 Å². The first-order chi connectivity index (χ1) is 12.8. The minimum Gasteiger partial charge on any atom is -0.251 e. The molecule has 0 atom stereocenters. The number of hydrogen-bond donors (Lipinski definition) is 0. The second kappa shape index (κ2) is 7.14. The van der Waals surface area contributed by atoms with Crippen LogP contribution in [-0.2, 0) is 0 Å². The zero-order valence-corrected chi connectivity index (χ0v) is 14.9. The van der Waals surface area contributed by atoms with Gasteiger partial charge in [0.05, 0.1) is 6.08 Å². The summed E-state index contributed by atoms with van der Waals surface area (Å²) in [5.41, 5.74) is 4.80. The zero-order valence-electron chi connectivity index (χ0n) is 13.4. The van der Waals surface area contributed by atoms with Crippen molar-refractivity contribution in [1.29, 1.82) is 0 Å². The molecule has 0 radical (unpaired) electrons. The maximum Gasteiger partial charge on any atom is 0.169 e. The molecule has 4 rings (SSSR count). The molecule has 3 aromatic rings. The number of rotatable bonds is 3. The Morgan fingerprint density at radius 2 is 1.31 bits per heavy atom. The molecule has 0 N–H and O–H groups in total. The molecule has 0 fully saturated rings. The third kappa shape index (κ3) is 3.02. The highest BCUT2D eigenvalue weighted by Gasteiger charge is 2.24. The van der Waals surface area contributed by atoms with Gasteiger partial charge in [0.25, 0.3) is 0 Å². The van der Waals surface area contributed by atoms with Crippen molar-refractivity contribution in [2.75, 3.05) is 0 Å². The van der Waals surface area contributed by atoms with Gasteiger partial charge < -0.3 is 0 Å². The Bertz CT molecular complexity index is 1070.